The molecule has 6 nitrogen and oxygen atoms in total. The zero-order chi connectivity index (χ0) is 4.50. The van der Waals surface area contributed by atoms with Crippen molar-refractivity contribution in [3.05, 3.63) is 0 Å². The van der Waals surface area contributed by atoms with Gasteiger partial charge in [0.25, 0.3) is 0 Å². The van der Waals surface area contributed by atoms with Crippen LogP contribution in [0.3, 0.4) is 0 Å². The normalized spacial score (nSPS) is 6.44. The first kappa shape index (κ1) is 31.7. The van der Waals surface area contributed by atoms with Gasteiger partial charge in [-0.2, -0.15) is 0 Å². The van der Waals surface area contributed by atoms with Crippen LogP contribution in [0.15, 0.2) is 0 Å². The predicted molar refractivity (Wildman–Crippen MR) is 17.6 cm³/mol. The van der Waals surface area contributed by atoms with Gasteiger partial charge in [0.15, 0.2) is 0 Å². The van der Waals surface area contributed by atoms with Gasteiger partial charge in [-0.3, -0.25) is 8.42 Å². The minimum absolute atomic E-state index is 0. The maximum Gasteiger partial charge on any atom is 4.00 e. The molecule has 0 rings (SSSR count). The summed E-state index contributed by atoms with van der Waals surface area (Å²) in [6.07, 6.45) is 0. The number of hydrogen-bond acceptors (Lipinski definition) is 4. The van der Waals surface area contributed by atoms with Crippen molar-refractivity contribution in [2.75, 3.05) is 0 Å². The summed E-state index contributed by atoms with van der Waals surface area (Å²) in [6, 6.07) is 0. The van der Waals surface area contributed by atoms with E-state index in [0.717, 1.165) is 0 Å². The molecule has 0 aromatic heterocycles. The summed E-state index contributed by atoms with van der Waals surface area (Å²) in [6.45, 7) is 0. The zero-order valence-corrected chi connectivity index (χ0v) is 8.74. The molecular formula is O6SSbTi+. The van der Waals surface area contributed by atoms with E-state index in [-0.39, 0.29) is 57.1 Å². The Morgan fingerprint density at radius 2 is 1.00 bits per heavy atom. The Kier molecular flexibility index (Phi) is 42.4. The van der Waals surface area contributed by atoms with Gasteiger partial charge in [-0.25, -0.2) is 0 Å². The molecule has 0 aromatic carbocycles. The van der Waals surface area contributed by atoms with Crippen LogP contribution < -0.4 is 0 Å². The number of hydrogen-bond donors (Lipinski definition) is 0. The van der Waals surface area contributed by atoms with E-state index in [0.29, 0.717) is 0 Å². The van der Waals surface area contributed by atoms with Crippen LogP contribution in [-0.4, -0.2) is 42.0 Å². The molecule has 0 aliphatic carbocycles. The molecule has 0 saturated heterocycles. The standard InChI is InChI=1S/H2O4S.2O.Sb.Ti/c1-5(2,3)4;;;;/h(H2,1,2,3,4);;;;/q;2*-2;+3;+4/p-2. The fourth-order valence-corrected chi connectivity index (χ4v) is 0. The van der Waals surface area contributed by atoms with Gasteiger partial charge in [0.2, 0.25) is 0 Å². The SMILES string of the molecule is O=S(=O)([O-])[O-].[O-2].[O-2].[Sb+3].[Ti+4]. The van der Waals surface area contributed by atoms with Crippen LogP contribution in [0.25, 0.3) is 0 Å². The van der Waals surface area contributed by atoms with Crippen LogP contribution in [0.2, 0.25) is 0 Å². The van der Waals surface area contributed by atoms with E-state index in [2.05, 4.69) is 0 Å². The van der Waals surface area contributed by atoms with E-state index >= 15 is 0 Å². The summed E-state index contributed by atoms with van der Waals surface area (Å²) in [5.74, 6) is 0. The van der Waals surface area contributed by atoms with Crippen LogP contribution in [0, 0.1) is 0 Å². The van der Waals surface area contributed by atoms with Crippen molar-refractivity contribution in [1.29, 1.82) is 0 Å². The topological polar surface area (TPSA) is 137 Å². The molecule has 0 aliphatic rings. The van der Waals surface area contributed by atoms with Gasteiger partial charge >= 0.3 is 46.1 Å². The van der Waals surface area contributed by atoms with Gasteiger partial charge in [-0.05, 0) is 0 Å². The summed E-state index contributed by atoms with van der Waals surface area (Å²) < 4.78 is 34.1. The smallest absolute Gasteiger partial charge is 2.00 e. The molecule has 0 heterocycles. The van der Waals surface area contributed by atoms with E-state index in [4.69, 9.17) is 17.5 Å². The maximum absolute atomic E-state index is 8.52. The van der Waals surface area contributed by atoms with E-state index in [9.17, 15) is 0 Å². The molecule has 0 unspecified atom stereocenters. The molecule has 0 bridgehead atoms. The van der Waals surface area contributed by atoms with E-state index < -0.39 is 10.4 Å². The fourth-order valence-electron chi connectivity index (χ4n) is 0. The summed E-state index contributed by atoms with van der Waals surface area (Å²) in [7, 11) is -5.17. The molecular weight excluding hydrogens is 298 g/mol. The van der Waals surface area contributed by atoms with Gasteiger partial charge in [0, 0.05) is 10.4 Å². The molecule has 9 heteroatoms. The first-order valence-corrected chi connectivity index (χ1v) is 2.00. The monoisotopic (exact) mass is 297 g/mol. The van der Waals surface area contributed by atoms with Gasteiger partial charge in [0.05, 0.1) is 0 Å². The Labute approximate surface area is 84.5 Å². The summed E-state index contributed by atoms with van der Waals surface area (Å²) >= 11 is 0. The molecule has 0 saturated carbocycles. The number of rotatable bonds is 0. The second-order valence-corrected chi connectivity index (χ2v) is 1.22. The molecule has 0 fully saturated rings. The Balaban J connectivity index is -0.0000000133. The Bertz CT molecular complexity index is 96.2. The summed E-state index contributed by atoms with van der Waals surface area (Å²) in [4.78, 5) is 0. The van der Waals surface area contributed by atoms with Crippen LogP contribution >= 0.6 is 0 Å². The largest absolute Gasteiger partial charge is 4.00 e. The first-order chi connectivity index (χ1) is 2.00. The maximum atomic E-state index is 8.52. The zero-order valence-electron chi connectivity index (χ0n) is 3.80. The van der Waals surface area contributed by atoms with Crippen LogP contribution in [-0.2, 0) is 43.1 Å². The second-order valence-electron chi connectivity index (χ2n) is 0.408. The average molecular weight is 298 g/mol. The van der Waals surface area contributed by atoms with E-state index in [1.807, 2.05) is 0 Å². The molecule has 0 aliphatic heterocycles. The molecule has 2 radical (unpaired) electrons. The summed E-state index contributed by atoms with van der Waals surface area (Å²) in [5.41, 5.74) is 0. The van der Waals surface area contributed by atoms with Crippen LogP contribution in [0.5, 0.6) is 0 Å². The van der Waals surface area contributed by atoms with Crippen LogP contribution in [0.1, 0.15) is 0 Å². The van der Waals surface area contributed by atoms with Crippen molar-refractivity contribution >= 4 is 34.8 Å². The molecule has 9 heavy (non-hydrogen) atoms. The van der Waals surface area contributed by atoms with Gasteiger partial charge in [0.1, 0.15) is 0 Å². The van der Waals surface area contributed by atoms with Crippen molar-refractivity contribution < 1.29 is 50.2 Å². The Hall–Kier alpha value is 1.32. The van der Waals surface area contributed by atoms with E-state index in [1.54, 1.807) is 0 Å². The van der Waals surface area contributed by atoms with Crippen LogP contribution in [0.4, 0.5) is 0 Å². The van der Waals surface area contributed by atoms with Crippen molar-refractivity contribution in [3.8, 4) is 0 Å². The average Bonchev–Trinajstić information content (AvgIpc) is 0.722. The molecule has 0 N–H and O–H groups in total. The summed E-state index contributed by atoms with van der Waals surface area (Å²) in [5, 5.41) is 0. The van der Waals surface area contributed by atoms with E-state index in [1.165, 1.54) is 0 Å². The van der Waals surface area contributed by atoms with Gasteiger partial charge in [-0.1, -0.05) is 0 Å². The van der Waals surface area contributed by atoms with Crippen molar-refractivity contribution in [1.82, 2.24) is 0 Å². The quantitative estimate of drug-likeness (QED) is 0.291. The van der Waals surface area contributed by atoms with Crippen molar-refractivity contribution in [2.45, 2.75) is 0 Å². The van der Waals surface area contributed by atoms with Crippen molar-refractivity contribution in [2.24, 2.45) is 0 Å². The Morgan fingerprint density at radius 1 is 1.00 bits per heavy atom. The Morgan fingerprint density at radius 3 is 1.00 bits per heavy atom. The second kappa shape index (κ2) is 12.0. The molecule has 50 valence electrons. The third-order valence-corrected chi connectivity index (χ3v) is 0. The third-order valence-electron chi connectivity index (χ3n) is 0. The predicted octanol–water partition coefficient (Wildman–Crippen LogP) is -1.96. The third kappa shape index (κ3) is 286. The fraction of sp³-hybridized carbons (Fsp3) is 0. The minimum Gasteiger partial charge on any atom is -2.00 e. The van der Waals surface area contributed by atoms with Gasteiger partial charge in [-0.15, -0.1) is 0 Å². The molecule has 0 amide bonds. The molecule has 0 aromatic rings. The first-order valence-electron chi connectivity index (χ1n) is 0.667. The minimum atomic E-state index is -5.17. The van der Waals surface area contributed by atoms with Gasteiger partial charge < -0.3 is 20.1 Å². The van der Waals surface area contributed by atoms with Crippen molar-refractivity contribution in [3.63, 3.8) is 0 Å². The molecule has 0 atom stereocenters. The molecule has 0 spiro atoms.